The number of thiophene rings is 1. The highest BCUT2D eigenvalue weighted by Crippen LogP contribution is 2.23. The van der Waals surface area contributed by atoms with Crippen molar-refractivity contribution in [2.45, 2.75) is 44.2 Å². The van der Waals surface area contributed by atoms with Crippen LogP contribution in [-0.4, -0.2) is 27.7 Å². The number of nitrogens with zero attached hydrogens (tertiary/aromatic N) is 1. The van der Waals surface area contributed by atoms with Crippen molar-refractivity contribution < 1.29 is 9.90 Å². The molecule has 21 heavy (non-hydrogen) atoms. The Labute approximate surface area is 128 Å². The van der Waals surface area contributed by atoms with E-state index >= 15 is 0 Å². The van der Waals surface area contributed by atoms with Gasteiger partial charge in [-0.15, -0.1) is 11.3 Å². The van der Waals surface area contributed by atoms with Gasteiger partial charge in [-0.3, -0.25) is 4.79 Å². The molecule has 0 spiro atoms. The van der Waals surface area contributed by atoms with Crippen molar-refractivity contribution in [2.24, 2.45) is 0 Å². The molecule has 2 heterocycles. The smallest absolute Gasteiger partial charge is 0.263 e. The highest BCUT2D eigenvalue weighted by atomic mass is 32.1. The molecule has 0 radical (unpaired) electrons. The molecular formula is C16H20N2O2S. The highest BCUT2D eigenvalue weighted by Gasteiger charge is 2.25. The van der Waals surface area contributed by atoms with Crippen LogP contribution in [0.2, 0.25) is 0 Å². The number of carbonyl (C=O) groups excluding carboxylic acids is 1. The van der Waals surface area contributed by atoms with Crippen LogP contribution >= 0.6 is 11.3 Å². The van der Waals surface area contributed by atoms with E-state index in [1.165, 1.54) is 11.3 Å². The lowest BCUT2D eigenvalue weighted by Gasteiger charge is -2.21. The average molecular weight is 304 g/mol. The molecule has 1 saturated carbocycles. The van der Waals surface area contributed by atoms with E-state index in [0.29, 0.717) is 4.88 Å². The zero-order valence-electron chi connectivity index (χ0n) is 11.9. The van der Waals surface area contributed by atoms with Gasteiger partial charge in [0.1, 0.15) is 4.88 Å². The Bertz CT molecular complexity index is 591. The number of aliphatic hydroxyl groups is 1. The Balaban J connectivity index is 1.75. The second-order valence-electron chi connectivity index (χ2n) is 5.51. The molecule has 1 fully saturated rings. The maximum absolute atomic E-state index is 12.5. The van der Waals surface area contributed by atoms with Crippen molar-refractivity contribution in [2.75, 3.05) is 0 Å². The third-order valence-corrected chi connectivity index (χ3v) is 4.93. The summed E-state index contributed by atoms with van der Waals surface area (Å²) in [4.78, 5) is 13.2. The van der Waals surface area contributed by atoms with E-state index in [9.17, 15) is 9.90 Å². The number of rotatable bonds is 3. The summed E-state index contributed by atoms with van der Waals surface area (Å²) in [6.07, 6.45) is 8.32. The van der Waals surface area contributed by atoms with Crippen molar-refractivity contribution in [3.8, 4) is 5.69 Å². The Morgan fingerprint density at radius 1 is 1.24 bits per heavy atom. The van der Waals surface area contributed by atoms with Crippen molar-refractivity contribution in [1.82, 2.24) is 9.88 Å². The molecular weight excluding hydrogens is 284 g/mol. The Morgan fingerprint density at radius 2 is 2.00 bits per heavy atom. The van der Waals surface area contributed by atoms with Gasteiger partial charge < -0.3 is 15.0 Å². The normalized spacial score (nSPS) is 22.7. The summed E-state index contributed by atoms with van der Waals surface area (Å²) in [6.45, 7) is 0. The summed E-state index contributed by atoms with van der Waals surface area (Å²) in [7, 11) is 0. The highest BCUT2D eigenvalue weighted by molar-refractivity contribution is 7.12. The summed E-state index contributed by atoms with van der Waals surface area (Å²) in [6, 6.07) is 5.70. The number of amides is 1. The molecule has 0 aromatic carbocycles. The topological polar surface area (TPSA) is 54.3 Å². The first-order valence-electron chi connectivity index (χ1n) is 7.45. The maximum atomic E-state index is 12.5. The number of nitrogens with one attached hydrogen (secondary N) is 1. The molecule has 1 aliphatic carbocycles. The lowest BCUT2D eigenvalue weighted by molar-refractivity contribution is 0.0822. The molecule has 3 rings (SSSR count). The minimum absolute atomic E-state index is 0.0837. The molecule has 2 unspecified atom stereocenters. The molecule has 4 nitrogen and oxygen atoms in total. The van der Waals surface area contributed by atoms with Crippen molar-refractivity contribution in [1.29, 1.82) is 0 Å². The van der Waals surface area contributed by atoms with Crippen LogP contribution in [0.3, 0.4) is 0 Å². The largest absolute Gasteiger partial charge is 0.391 e. The predicted octanol–water partition coefficient (Wildman–Crippen LogP) is 2.96. The van der Waals surface area contributed by atoms with E-state index in [1.54, 1.807) is 0 Å². The lowest BCUT2D eigenvalue weighted by Crippen LogP contribution is -2.42. The molecule has 2 aromatic heterocycles. The standard InChI is InChI=1S/C16H20N2O2S/c19-14-7-3-1-2-6-12(14)17-16(20)15-13(8-11-21-15)18-9-4-5-10-18/h4-5,8-12,14,19H,1-3,6-7H2,(H,17,20). The fraction of sp³-hybridized carbons (Fsp3) is 0.438. The molecule has 2 aromatic rings. The van der Waals surface area contributed by atoms with Crippen molar-refractivity contribution >= 4 is 17.2 Å². The third-order valence-electron chi connectivity index (χ3n) is 4.03. The summed E-state index contributed by atoms with van der Waals surface area (Å²) in [5.74, 6) is -0.0837. The van der Waals surface area contributed by atoms with Crippen LogP contribution in [0.1, 0.15) is 41.8 Å². The summed E-state index contributed by atoms with van der Waals surface area (Å²) >= 11 is 1.44. The minimum Gasteiger partial charge on any atom is -0.391 e. The molecule has 1 amide bonds. The molecule has 2 atom stereocenters. The van der Waals surface area contributed by atoms with Crippen LogP contribution in [0.5, 0.6) is 0 Å². The first-order valence-corrected chi connectivity index (χ1v) is 8.33. The van der Waals surface area contributed by atoms with Gasteiger partial charge in [0.05, 0.1) is 17.8 Å². The SMILES string of the molecule is O=C(NC1CCCCCC1O)c1sccc1-n1cccc1. The zero-order chi connectivity index (χ0) is 14.7. The lowest BCUT2D eigenvalue weighted by atomic mass is 10.1. The van der Waals surface area contributed by atoms with E-state index in [1.807, 2.05) is 40.5 Å². The zero-order valence-corrected chi connectivity index (χ0v) is 12.7. The predicted molar refractivity (Wildman–Crippen MR) is 84.0 cm³/mol. The maximum Gasteiger partial charge on any atom is 0.263 e. The van der Waals surface area contributed by atoms with Crippen LogP contribution in [0.25, 0.3) is 5.69 Å². The first-order chi connectivity index (χ1) is 10.3. The van der Waals surface area contributed by atoms with Crippen LogP contribution in [0.15, 0.2) is 36.0 Å². The van der Waals surface area contributed by atoms with Crippen LogP contribution < -0.4 is 5.32 Å². The third kappa shape index (κ3) is 3.19. The van der Waals surface area contributed by atoms with Gasteiger partial charge in [0.25, 0.3) is 5.91 Å². The van der Waals surface area contributed by atoms with Gasteiger partial charge in [0.15, 0.2) is 0 Å². The summed E-state index contributed by atoms with van der Waals surface area (Å²) < 4.78 is 1.94. The second-order valence-corrected chi connectivity index (χ2v) is 6.43. The van der Waals surface area contributed by atoms with Gasteiger partial charge in [-0.2, -0.15) is 0 Å². The van der Waals surface area contributed by atoms with E-state index in [2.05, 4.69) is 5.32 Å². The number of hydrogen-bond acceptors (Lipinski definition) is 3. The minimum atomic E-state index is -0.425. The molecule has 5 heteroatoms. The van der Waals surface area contributed by atoms with E-state index < -0.39 is 6.10 Å². The number of carbonyl (C=O) groups is 1. The quantitative estimate of drug-likeness (QED) is 0.857. The Morgan fingerprint density at radius 3 is 2.81 bits per heavy atom. The first kappa shape index (κ1) is 14.4. The Hall–Kier alpha value is -1.59. The number of aromatic nitrogens is 1. The fourth-order valence-corrected chi connectivity index (χ4v) is 3.65. The molecule has 2 N–H and O–H groups in total. The van der Waals surface area contributed by atoms with E-state index in [0.717, 1.165) is 37.8 Å². The van der Waals surface area contributed by atoms with Gasteiger partial charge in [0.2, 0.25) is 0 Å². The van der Waals surface area contributed by atoms with Gasteiger partial charge >= 0.3 is 0 Å². The molecule has 0 aliphatic heterocycles. The summed E-state index contributed by atoms with van der Waals surface area (Å²) in [5, 5.41) is 15.1. The van der Waals surface area contributed by atoms with E-state index in [4.69, 9.17) is 0 Å². The molecule has 0 saturated heterocycles. The fourth-order valence-electron chi connectivity index (χ4n) is 2.86. The summed E-state index contributed by atoms with van der Waals surface area (Å²) in [5.41, 5.74) is 0.894. The average Bonchev–Trinajstić information content (AvgIpc) is 3.12. The van der Waals surface area contributed by atoms with Gasteiger partial charge in [0, 0.05) is 12.4 Å². The van der Waals surface area contributed by atoms with Crippen LogP contribution in [0.4, 0.5) is 0 Å². The van der Waals surface area contributed by atoms with Gasteiger partial charge in [-0.1, -0.05) is 19.3 Å². The van der Waals surface area contributed by atoms with Crippen molar-refractivity contribution in [3.05, 3.63) is 40.8 Å². The second kappa shape index (κ2) is 6.45. The van der Waals surface area contributed by atoms with Crippen molar-refractivity contribution in [3.63, 3.8) is 0 Å². The monoisotopic (exact) mass is 304 g/mol. The molecule has 1 aliphatic rings. The van der Waals surface area contributed by atoms with Gasteiger partial charge in [-0.05, 0) is 36.4 Å². The Kier molecular flexibility index (Phi) is 4.41. The van der Waals surface area contributed by atoms with Crippen LogP contribution in [-0.2, 0) is 0 Å². The van der Waals surface area contributed by atoms with Crippen LogP contribution in [0, 0.1) is 0 Å². The molecule has 112 valence electrons. The number of hydrogen-bond donors (Lipinski definition) is 2. The van der Waals surface area contributed by atoms with Gasteiger partial charge in [-0.25, -0.2) is 0 Å². The number of aliphatic hydroxyl groups excluding tert-OH is 1. The molecule has 0 bridgehead atoms. The van der Waals surface area contributed by atoms with E-state index in [-0.39, 0.29) is 11.9 Å².